The minimum atomic E-state index is -3.30. The molecule has 1 aromatic carbocycles. The lowest BCUT2D eigenvalue weighted by Crippen LogP contribution is -2.42. The van der Waals surface area contributed by atoms with Crippen molar-refractivity contribution < 1.29 is 8.42 Å². The highest BCUT2D eigenvalue weighted by Crippen LogP contribution is 2.31. The average Bonchev–Trinajstić information content (AvgIpc) is 3.57. The average molecular weight is 507 g/mol. The van der Waals surface area contributed by atoms with E-state index < -0.39 is 10.0 Å². The Morgan fingerprint density at radius 2 is 1.67 bits per heavy atom. The summed E-state index contributed by atoms with van der Waals surface area (Å²) < 4.78 is 29.9. The van der Waals surface area contributed by atoms with E-state index >= 15 is 0 Å². The molecular formula is C25H30N8O2S. The lowest BCUT2D eigenvalue weighted by Gasteiger charge is -2.26. The predicted molar refractivity (Wildman–Crippen MR) is 140 cm³/mol. The number of nitrogens with zero attached hydrogens (tertiary/aromatic N) is 7. The van der Waals surface area contributed by atoms with Crippen LogP contribution >= 0.6 is 0 Å². The maximum absolute atomic E-state index is 12.4. The first-order valence-corrected chi connectivity index (χ1v) is 13.7. The van der Waals surface area contributed by atoms with Gasteiger partial charge in [0.2, 0.25) is 10.0 Å². The second-order valence-electron chi connectivity index (χ2n) is 9.40. The van der Waals surface area contributed by atoms with Gasteiger partial charge in [0.05, 0.1) is 18.6 Å². The summed E-state index contributed by atoms with van der Waals surface area (Å²) in [6, 6.07) is 7.89. The third-order valence-electron chi connectivity index (χ3n) is 6.56. The molecule has 1 aliphatic heterocycles. The van der Waals surface area contributed by atoms with Crippen molar-refractivity contribution >= 4 is 15.8 Å². The van der Waals surface area contributed by atoms with Crippen molar-refractivity contribution in [3.8, 4) is 33.6 Å². The van der Waals surface area contributed by atoms with Gasteiger partial charge >= 0.3 is 0 Å². The molecule has 1 fully saturated rings. The molecule has 3 aromatic heterocycles. The SMILES string of the molecule is CC1CCC(CNc2nc(-c3cccc(-c4cnn(C)c4)c3)ncc2-c2cnn(C)c2)N1S(C)(=O)=O. The van der Waals surface area contributed by atoms with E-state index in [1.54, 1.807) is 26.1 Å². The summed E-state index contributed by atoms with van der Waals surface area (Å²) >= 11 is 0. The van der Waals surface area contributed by atoms with Crippen molar-refractivity contribution in [2.45, 2.75) is 31.8 Å². The summed E-state index contributed by atoms with van der Waals surface area (Å²) in [7, 11) is 0.447. The summed E-state index contributed by atoms with van der Waals surface area (Å²) in [5, 5.41) is 12.0. The Labute approximate surface area is 211 Å². The molecule has 1 N–H and O–H groups in total. The first-order valence-electron chi connectivity index (χ1n) is 11.9. The van der Waals surface area contributed by atoms with Crippen LogP contribution in [0.15, 0.2) is 55.2 Å². The molecule has 1 aliphatic rings. The van der Waals surface area contributed by atoms with Crippen LogP contribution in [0.25, 0.3) is 33.6 Å². The zero-order chi connectivity index (χ0) is 25.4. The van der Waals surface area contributed by atoms with Crippen LogP contribution in [0.3, 0.4) is 0 Å². The maximum atomic E-state index is 12.4. The van der Waals surface area contributed by atoms with Crippen LogP contribution in [0.2, 0.25) is 0 Å². The molecule has 4 aromatic rings. The summed E-state index contributed by atoms with van der Waals surface area (Å²) in [6.45, 7) is 2.41. The number of benzene rings is 1. The summed E-state index contributed by atoms with van der Waals surface area (Å²) in [6.07, 6.45) is 12.2. The fourth-order valence-electron chi connectivity index (χ4n) is 4.89. The molecule has 4 heterocycles. The lowest BCUT2D eigenvalue weighted by atomic mass is 10.1. The van der Waals surface area contributed by atoms with Crippen LogP contribution in [0.1, 0.15) is 19.8 Å². The number of nitrogens with one attached hydrogen (secondary N) is 1. The van der Waals surface area contributed by atoms with E-state index in [2.05, 4.69) is 20.5 Å². The molecule has 0 amide bonds. The van der Waals surface area contributed by atoms with Gasteiger partial charge in [0.1, 0.15) is 5.82 Å². The predicted octanol–water partition coefficient (Wildman–Crippen LogP) is 3.17. The van der Waals surface area contributed by atoms with Gasteiger partial charge in [-0.1, -0.05) is 18.2 Å². The fourth-order valence-corrected chi connectivity index (χ4v) is 6.37. The first kappa shape index (κ1) is 24.1. The Balaban J connectivity index is 1.49. The van der Waals surface area contributed by atoms with E-state index in [1.807, 2.05) is 63.9 Å². The standard InChI is InChI=1S/C25H30N8O2S/c1-17-8-9-22(33(17)36(4,34)35)13-26-25-23(21-12-29-32(3)16-21)14-27-24(30-25)19-7-5-6-18(10-19)20-11-28-31(2)15-20/h5-7,10-12,14-17,22H,8-9,13H2,1-4H3,(H,26,27,30). The molecule has 11 heteroatoms. The van der Waals surface area contributed by atoms with Crippen molar-refractivity contribution in [2.24, 2.45) is 14.1 Å². The zero-order valence-corrected chi connectivity index (χ0v) is 21.6. The Bertz CT molecular complexity index is 1490. The molecule has 0 radical (unpaired) electrons. The number of aromatic nitrogens is 6. The van der Waals surface area contributed by atoms with Gasteiger partial charge in [0, 0.05) is 73.6 Å². The summed E-state index contributed by atoms with van der Waals surface area (Å²) in [5.41, 5.74) is 4.62. The highest BCUT2D eigenvalue weighted by molar-refractivity contribution is 7.88. The van der Waals surface area contributed by atoms with Crippen LogP contribution in [0, 0.1) is 0 Å². The van der Waals surface area contributed by atoms with E-state index in [1.165, 1.54) is 6.26 Å². The summed E-state index contributed by atoms with van der Waals surface area (Å²) in [5.74, 6) is 1.23. The topological polar surface area (TPSA) is 111 Å². The molecule has 0 aliphatic carbocycles. The van der Waals surface area contributed by atoms with Crippen LogP contribution < -0.4 is 5.32 Å². The van der Waals surface area contributed by atoms with Crippen LogP contribution in [0.5, 0.6) is 0 Å². The molecule has 0 spiro atoms. The van der Waals surface area contributed by atoms with Gasteiger partial charge in [0.15, 0.2) is 5.82 Å². The minimum absolute atomic E-state index is 0.0132. The van der Waals surface area contributed by atoms with E-state index in [9.17, 15) is 8.42 Å². The minimum Gasteiger partial charge on any atom is -0.368 e. The van der Waals surface area contributed by atoms with Crippen molar-refractivity contribution in [3.05, 3.63) is 55.2 Å². The van der Waals surface area contributed by atoms with Gasteiger partial charge in [-0.2, -0.15) is 14.5 Å². The fraction of sp³-hybridized carbons (Fsp3) is 0.360. The number of hydrogen-bond donors (Lipinski definition) is 1. The first-order chi connectivity index (χ1) is 17.2. The van der Waals surface area contributed by atoms with Crippen molar-refractivity contribution in [3.63, 3.8) is 0 Å². The highest BCUT2D eigenvalue weighted by Gasteiger charge is 2.36. The third kappa shape index (κ3) is 4.89. The monoisotopic (exact) mass is 506 g/mol. The molecule has 188 valence electrons. The number of hydrogen-bond acceptors (Lipinski definition) is 7. The maximum Gasteiger partial charge on any atom is 0.211 e. The molecule has 36 heavy (non-hydrogen) atoms. The zero-order valence-electron chi connectivity index (χ0n) is 20.8. The van der Waals surface area contributed by atoms with E-state index in [-0.39, 0.29) is 12.1 Å². The van der Waals surface area contributed by atoms with Crippen LogP contribution in [-0.2, 0) is 24.1 Å². The Morgan fingerprint density at radius 1 is 0.972 bits per heavy atom. The van der Waals surface area contributed by atoms with Gasteiger partial charge in [-0.3, -0.25) is 9.36 Å². The molecule has 10 nitrogen and oxygen atoms in total. The number of rotatable bonds is 7. The molecule has 1 saturated heterocycles. The van der Waals surface area contributed by atoms with Gasteiger partial charge in [-0.05, 0) is 31.4 Å². The van der Waals surface area contributed by atoms with Crippen LogP contribution in [-0.4, -0.2) is 67.1 Å². The quantitative estimate of drug-likeness (QED) is 0.410. The van der Waals surface area contributed by atoms with Crippen LogP contribution in [0.4, 0.5) is 5.82 Å². The van der Waals surface area contributed by atoms with E-state index in [4.69, 9.17) is 4.98 Å². The smallest absolute Gasteiger partial charge is 0.211 e. The van der Waals surface area contributed by atoms with Gasteiger partial charge in [-0.15, -0.1) is 0 Å². The normalized spacial score (nSPS) is 18.6. The molecule has 2 atom stereocenters. The van der Waals surface area contributed by atoms with Crippen molar-refractivity contribution in [1.29, 1.82) is 0 Å². The van der Waals surface area contributed by atoms with Crippen molar-refractivity contribution in [2.75, 3.05) is 18.1 Å². The number of aryl methyl sites for hydroxylation is 2. The Kier molecular flexibility index (Phi) is 6.35. The Hall–Kier alpha value is -3.57. The second-order valence-corrected chi connectivity index (χ2v) is 11.3. The van der Waals surface area contributed by atoms with Gasteiger partial charge < -0.3 is 5.32 Å². The van der Waals surface area contributed by atoms with Crippen molar-refractivity contribution in [1.82, 2.24) is 33.8 Å². The van der Waals surface area contributed by atoms with Gasteiger partial charge in [-0.25, -0.2) is 18.4 Å². The number of anilines is 1. The number of sulfonamides is 1. The second kappa shape index (κ2) is 9.47. The molecule has 0 saturated carbocycles. The Morgan fingerprint density at radius 3 is 2.33 bits per heavy atom. The van der Waals surface area contributed by atoms with Gasteiger partial charge in [0.25, 0.3) is 0 Å². The summed E-state index contributed by atoms with van der Waals surface area (Å²) in [4.78, 5) is 9.55. The molecule has 5 rings (SSSR count). The highest BCUT2D eigenvalue weighted by atomic mass is 32.2. The molecular weight excluding hydrogens is 476 g/mol. The lowest BCUT2D eigenvalue weighted by molar-refractivity contribution is 0.346. The molecule has 0 bridgehead atoms. The molecule has 2 unspecified atom stereocenters. The largest absolute Gasteiger partial charge is 0.368 e. The van der Waals surface area contributed by atoms with E-state index in [0.717, 1.165) is 40.7 Å². The third-order valence-corrected chi connectivity index (χ3v) is 7.99. The van der Waals surface area contributed by atoms with E-state index in [0.29, 0.717) is 18.2 Å².